The Morgan fingerprint density at radius 1 is 1.53 bits per heavy atom. The zero-order valence-corrected chi connectivity index (χ0v) is 10.2. The molecule has 0 bridgehead atoms. The molecule has 0 aliphatic carbocycles. The summed E-state index contributed by atoms with van der Waals surface area (Å²) in [7, 11) is 1.58. The van der Waals surface area contributed by atoms with E-state index in [0.717, 1.165) is 29.4 Å². The van der Waals surface area contributed by atoms with Crippen LogP contribution in [0.3, 0.4) is 0 Å². The number of methoxy groups -OCH3 is 1. The summed E-state index contributed by atoms with van der Waals surface area (Å²) < 4.78 is 6.23. The standard InChI is InChI=1S/C11H14BrNO2/c1-15-11-9(14)5-4-7(12)10(11)8-3-2-6-13-8/h4-5,8,13-14H,2-3,6H2,1H3. The first kappa shape index (κ1) is 10.8. The van der Waals surface area contributed by atoms with Gasteiger partial charge in [0.25, 0.3) is 0 Å². The number of nitrogens with one attached hydrogen (secondary N) is 1. The third kappa shape index (κ3) is 1.96. The van der Waals surface area contributed by atoms with Crippen molar-refractivity contribution in [3.8, 4) is 11.5 Å². The summed E-state index contributed by atoms with van der Waals surface area (Å²) >= 11 is 3.50. The van der Waals surface area contributed by atoms with Gasteiger partial charge in [-0.1, -0.05) is 15.9 Å². The van der Waals surface area contributed by atoms with Crippen LogP contribution >= 0.6 is 15.9 Å². The first-order valence-electron chi connectivity index (χ1n) is 5.02. The highest BCUT2D eigenvalue weighted by Gasteiger charge is 2.24. The molecule has 82 valence electrons. The van der Waals surface area contributed by atoms with Crippen LogP contribution in [0.4, 0.5) is 0 Å². The second kappa shape index (κ2) is 4.41. The molecule has 15 heavy (non-hydrogen) atoms. The van der Waals surface area contributed by atoms with E-state index in [1.165, 1.54) is 0 Å². The van der Waals surface area contributed by atoms with E-state index in [4.69, 9.17) is 4.74 Å². The highest BCUT2D eigenvalue weighted by molar-refractivity contribution is 9.10. The van der Waals surface area contributed by atoms with E-state index in [1.807, 2.05) is 6.07 Å². The molecule has 1 aliphatic rings. The molecule has 1 aromatic carbocycles. The molecule has 1 atom stereocenters. The lowest BCUT2D eigenvalue weighted by molar-refractivity contribution is 0.364. The fraction of sp³-hybridized carbons (Fsp3) is 0.455. The van der Waals surface area contributed by atoms with Crippen LogP contribution in [0.5, 0.6) is 11.5 Å². The average molecular weight is 272 g/mol. The molecule has 0 saturated carbocycles. The smallest absolute Gasteiger partial charge is 0.166 e. The lowest BCUT2D eigenvalue weighted by Gasteiger charge is -2.17. The monoisotopic (exact) mass is 271 g/mol. The normalized spacial score (nSPS) is 20.5. The van der Waals surface area contributed by atoms with E-state index in [2.05, 4.69) is 21.2 Å². The van der Waals surface area contributed by atoms with Crippen molar-refractivity contribution >= 4 is 15.9 Å². The SMILES string of the molecule is COc1c(O)ccc(Br)c1C1CCCN1. The van der Waals surface area contributed by atoms with Crippen molar-refractivity contribution in [3.05, 3.63) is 22.2 Å². The summed E-state index contributed by atoms with van der Waals surface area (Å²) in [6, 6.07) is 3.77. The molecule has 1 aliphatic heterocycles. The summed E-state index contributed by atoms with van der Waals surface area (Å²) in [5.74, 6) is 0.771. The molecule has 0 spiro atoms. The number of rotatable bonds is 2. The van der Waals surface area contributed by atoms with Crippen molar-refractivity contribution < 1.29 is 9.84 Å². The van der Waals surface area contributed by atoms with Crippen molar-refractivity contribution in [1.82, 2.24) is 5.32 Å². The van der Waals surface area contributed by atoms with E-state index in [-0.39, 0.29) is 11.8 Å². The Kier molecular flexibility index (Phi) is 3.17. The number of hydrogen-bond acceptors (Lipinski definition) is 3. The highest BCUT2D eigenvalue weighted by atomic mass is 79.9. The predicted octanol–water partition coefficient (Wildman–Crippen LogP) is 2.59. The number of phenolic OH excluding ortho intramolecular Hbond substituents is 1. The Balaban J connectivity index is 2.46. The number of aromatic hydroxyl groups is 1. The van der Waals surface area contributed by atoms with E-state index in [9.17, 15) is 5.11 Å². The lowest BCUT2D eigenvalue weighted by Crippen LogP contribution is -2.14. The second-order valence-corrected chi connectivity index (χ2v) is 4.52. The number of ether oxygens (including phenoxy) is 1. The van der Waals surface area contributed by atoms with Crippen molar-refractivity contribution in [2.24, 2.45) is 0 Å². The third-order valence-corrected chi connectivity index (χ3v) is 3.43. The van der Waals surface area contributed by atoms with Crippen LogP contribution in [-0.2, 0) is 0 Å². The molecule has 1 heterocycles. The van der Waals surface area contributed by atoms with Gasteiger partial charge in [-0.3, -0.25) is 0 Å². The van der Waals surface area contributed by atoms with E-state index < -0.39 is 0 Å². The maximum atomic E-state index is 9.70. The van der Waals surface area contributed by atoms with Crippen LogP contribution in [0, 0.1) is 0 Å². The van der Waals surface area contributed by atoms with Crippen molar-refractivity contribution in [2.45, 2.75) is 18.9 Å². The fourth-order valence-electron chi connectivity index (χ4n) is 2.03. The Hall–Kier alpha value is -0.740. The van der Waals surface area contributed by atoms with Crippen molar-refractivity contribution in [3.63, 3.8) is 0 Å². The van der Waals surface area contributed by atoms with Gasteiger partial charge in [0, 0.05) is 16.1 Å². The average Bonchev–Trinajstić information content (AvgIpc) is 2.74. The second-order valence-electron chi connectivity index (χ2n) is 3.66. The maximum absolute atomic E-state index is 9.70. The van der Waals surface area contributed by atoms with Gasteiger partial charge in [0.05, 0.1) is 7.11 Å². The van der Waals surface area contributed by atoms with Gasteiger partial charge in [0.15, 0.2) is 11.5 Å². The topological polar surface area (TPSA) is 41.5 Å². The quantitative estimate of drug-likeness (QED) is 0.869. The van der Waals surface area contributed by atoms with Gasteiger partial charge in [0.2, 0.25) is 0 Å². The molecule has 1 fully saturated rings. The fourth-order valence-corrected chi connectivity index (χ4v) is 2.62. The molecule has 2 N–H and O–H groups in total. The molecule has 1 aromatic rings. The van der Waals surface area contributed by atoms with Gasteiger partial charge >= 0.3 is 0 Å². The van der Waals surface area contributed by atoms with Crippen LogP contribution in [0.25, 0.3) is 0 Å². The molecule has 3 nitrogen and oxygen atoms in total. The summed E-state index contributed by atoms with van der Waals surface area (Å²) in [6.45, 7) is 1.02. The summed E-state index contributed by atoms with van der Waals surface area (Å²) in [5.41, 5.74) is 1.02. The van der Waals surface area contributed by atoms with Gasteiger partial charge in [-0.15, -0.1) is 0 Å². The van der Waals surface area contributed by atoms with Gasteiger partial charge in [0.1, 0.15) is 0 Å². The van der Waals surface area contributed by atoms with Crippen molar-refractivity contribution in [1.29, 1.82) is 0 Å². The van der Waals surface area contributed by atoms with E-state index >= 15 is 0 Å². The largest absolute Gasteiger partial charge is 0.504 e. The molecule has 2 rings (SSSR count). The van der Waals surface area contributed by atoms with Crippen LogP contribution < -0.4 is 10.1 Å². The highest BCUT2D eigenvalue weighted by Crippen LogP contribution is 2.41. The minimum absolute atomic E-state index is 0.199. The zero-order chi connectivity index (χ0) is 10.8. The molecular weight excluding hydrogens is 258 g/mol. The number of hydrogen-bond donors (Lipinski definition) is 2. The van der Waals surface area contributed by atoms with E-state index in [0.29, 0.717) is 5.75 Å². The lowest BCUT2D eigenvalue weighted by atomic mass is 10.0. The van der Waals surface area contributed by atoms with E-state index in [1.54, 1.807) is 13.2 Å². The van der Waals surface area contributed by atoms with Gasteiger partial charge < -0.3 is 15.2 Å². The Morgan fingerprint density at radius 3 is 2.93 bits per heavy atom. The summed E-state index contributed by atoms with van der Waals surface area (Å²) in [6.07, 6.45) is 2.24. The summed E-state index contributed by atoms with van der Waals surface area (Å²) in [4.78, 5) is 0. The number of benzene rings is 1. The number of phenols is 1. The molecule has 4 heteroatoms. The Labute approximate surface area is 97.6 Å². The first-order valence-corrected chi connectivity index (χ1v) is 5.82. The molecule has 1 unspecified atom stereocenters. The van der Waals surface area contributed by atoms with Gasteiger partial charge in [-0.05, 0) is 31.5 Å². The van der Waals surface area contributed by atoms with Crippen LogP contribution in [0.1, 0.15) is 24.4 Å². The summed E-state index contributed by atoms with van der Waals surface area (Å²) in [5, 5.41) is 13.1. The van der Waals surface area contributed by atoms with Gasteiger partial charge in [-0.25, -0.2) is 0 Å². The molecular formula is C11H14BrNO2. The third-order valence-electron chi connectivity index (χ3n) is 2.73. The minimum atomic E-state index is 0.199. The zero-order valence-electron chi connectivity index (χ0n) is 8.59. The first-order chi connectivity index (χ1) is 7.24. The predicted molar refractivity (Wildman–Crippen MR) is 62.3 cm³/mol. The molecule has 0 aromatic heterocycles. The van der Waals surface area contributed by atoms with Crippen LogP contribution in [0.15, 0.2) is 16.6 Å². The minimum Gasteiger partial charge on any atom is -0.504 e. The Bertz CT molecular complexity index is 362. The Morgan fingerprint density at radius 2 is 2.33 bits per heavy atom. The molecule has 1 saturated heterocycles. The number of halogens is 1. The molecule has 0 radical (unpaired) electrons. The van der Waals surface area contributed by atoms with Crippen LogP contribution in [-0.4, -0.2) is 18.8 Å². The molecule has 0 amide bonds. The van der Waals surface area contributed by atoms with Gasteiger partial charge in [-0.2, -0.15) is 0 Å². The van der Waals surface area contributed by atoms with Crippen LogP contribution in [0.2, 0.25) is 0 Å². The van der Waals surface area contributed by atoms with Crippen molar-refractivity contribution in [2.75, 3.05) is 13.7 Å². The maximum Gasteiger partial charge on any atom is 0.166 e.